The van der Waals surface area contributed by atoms with Gasteiger partial charge in [-0.1, -0.05) is 12.1 Å². The van der Waals surface area contributed by atoms with Crippen LogP contribution in [0, 0.1) is 5.82 Å². The van der Waals surface area contributed by atoms with Gasteiger partial charge in [-0.25, -0.2) is 4.39 Å². The van der Waals surface area contributed by atoms with Crippen LogP contribution < -0.4 is 5.73 Å². The minimum atomic E-state index is -0.535. The number of benzene rings is 2. The number of halogens is 1. The van der Waals surface area contributed by atoms with E-state index in [2.05, 4.69) is 0 Å². The summed E-state index contributed by atoms with van der Waals surface area (Å²) in [6.45, 7) is 1.86. The number of primary amides is 1. The van der Waals surface area contributed by atoms with Gasteiger partial charge in [-0.3, -0.25) is 9.59 Å². The molecule has 0 saturated carbocycles. The molecule has 2 N–H and O–H groups in total. The van der Waals surface area contributed by atoms with E-state index in [9.17, 15) is 14.0 Å². The van der Waals surface area contributed by atoms with Crippen LogP contribution in [0.25, 0.3) is 0 Å². The summed E-state index contributed by atoms with van der Waals surface area (Å²) in [6.07, 6.45) is 0. The van der Waals surface area contributed by atoms with Crippen LogP contribution in [0.3, 0.4) is 0 Å². The average molecular weight is 300 g/mol. The molecule has 2 rings (SSSR count). The van der Waals surface area contributed by atoms with Gasteiger partial charge < -0.3 is 10.6 Å². The van der Waals surface area contributed by atoms with Gasteiger partial charge in [0.05, 0.1) is 6.04 Å². The number of nitrogens with two attached hydrogens (primary N) is 1. The van der Waals surface area contributed by atoms with Crippen molar-refractivity contribution in [2.75, 3.05) is 7.05 Å². The molecule has 2 amide bonds. The average Bonchev–Trinajstić information content (AvgIpc) is 2.53. The lowest BCUT2D eigenvalue weighted by molar-refractivity contribution is 0.0742. The Morgan fingerprint density at radius 2 is 1.50 bits per heavy atom. The molecule has 2 aromatic rings. The molecule has 0 fully saturated rings. The first-order valence-electron chi connectivity index (χ1n) is 6.82. The molecule has 0 aliphatic carbocycles. The maximum Gasteiger partial charge on any atom is 0.254 e. The van der Waals surface area contributed by atoms with E-state index < -0.39 is 5.91 Å². The molecule has 1 unspecified atom stereocenters. The van der Waals surface area contributed by atoms with E-state index in [1.165, 1.54) is 24.3 Å². The van der Waals surface area contributed by atoms with Crippen molar-refractivity contribution in [2.45, 2.75) is 13.0 Å². The smallest absolute Gasteiger partial charge is 0.254 e. The van der Waals surface area contributed by atoms with Gasteiger partial charge in [0.25, 0.3) is 5.91 Å². The molecule has 0 aromatic heterocycles. The summed E-state index contributed by atoms with van der Waals surface area (Å²) < 4.78 is 13.0. The molecule has 0 heterocycles. The summed E-state index contributed by atoms with van der Waals surface area (Å²) in [7, 11) is 1.68. The van der Waals surface area contributed by atoms with Crippen LogP contribution in [0.2, 0.25) is 0 Å². The quantitative estimate of drug-likeness (QED) is 0.943. The molecular formula is C17H17FN2O2. The van der Waals surface area contributed by atoms with E-state index in [0.29, 0.717) is 11.1 Å². The van der Waals surface area contributed by atoms with E-state index in [1.807, 2.05) is 6.92 Å². The first kappa shape index (κ1) is 15.7. The van der Waals surface area contributed by atoms with Gasteiger partial charge in [0.15, 0.2) is 0 Å². The standard InChI is InChI=1S/C17H17FN2O2/c1-11(12-7-9-15(18)10-8-12)20(2)17(22)14-5-3-13(4-6-14)16(19)21/h3-11H,1-2H3,(H2,19,21). The van der Waals surface area contributed by atoms with Crippen LogP contribution >= 0.6 is 0 Å². The van der Waals surface area contributed by atoms with E-state index in [4.69, 9.17) is 5.73 Å². The van der Waals surface area contributed by atoms with Crippen molar-refractivity contribution in [3.63, 3.8) is 0 Å². The highest BCUT2D eigenvalue weighted by molar-refractivity contribution is 5.97. The molecule has 114 valence electrons. The maximum atomic E-state index is 13.0. The molecule has 5 heteroatoms. The summed E-state index contributed by atoms with van der Waals surface area (Å²) in [5.74, 6) is -1.04. The highest BCUT2D eigenvalue weighted by Gasteiger charge is 2.19. The van der Waals surface area contributed by atoms with Crippen molar-refractivity contribution in [1.82, 2.24) is 4.90 Å². The number of hydrogen-bond acceptors (Lipinski definition) is 2. The molecule has 1 atom stereocenters. The Labute approximate surface area is 128 Å². The predicted molar refractivity (Wildman–Crippen MR) is 81.9 cm³/mol. The zero-order chi connectivity index (χ0) is 16.3. The highest BCUT2D eigenvalue weighted by Crippen LogP contribution is 2.21. The first-order valence-corrected chi connectivity index (χ1v) is 6.82. The van der Waals surface area contributed by atoms with Crippen molar-refractivity contribution in [1.29, 1.82) is 0 Å². The summed E-state index contributed by atoms with van der Waals surface area (Å²) in [6, 6.07) is 12.0. The van der Waals surface area contributed by atoms with Crippen LogP contribution in [-0.4, -0.2) is 23.8 Å². The van der Waals surface area contributed by atoms with E-state index in [0.717, 1.165) is 5.56 Å². The van der Waals surface area contributed by atoms with Gasteiger partial charge in [0, 0.05) is 18.2 Å². The first-order chi connectivity index (χ1) is 10.4. The van der Waals surface area contributed by atoms with E-state index >= 15 is 0 Å². The van der Waals surface area contributed by atoms with Crippen molar-refractivity contribution < 1.29 is 14.0 Å². The van der Waals surface area contributed by atoms with Crippen LogP contribution in [0.15, 0.2) is 48.5 Å². The third-order valence-corrected chi connectivity index (χ3v) is 3.67. The Morgan fingerprint density at radius 1 is 1.00 bits per heavy atom. The number of amides is 2. The van der Waals surface area contributed by atoms with Crippen molar-refractivity contribution in [2.24, 2.45) is 5.73 Å². The summed E-state index contributed by atoms with van der Waals surface area (Å²) in [5, 5.41) is 0. The Kier molecular flexibility index (Phi) is 4.56. The Hall–Kier alpha value is -2.69. The molecule has 0 saturated heterocycles. The lowest BCUT2D eigenvalue weighted by Gasteiger charge is -2.25. The molecule has 0 bridgehead atoms. The molecule has 0 spiro atoms. The zero-order valence-corrected chi connectivity index (χ0v) is 12.4. The number of carbonyl (C=O) groups excluding carboxylic acids is 2. The molecular weight excluding hydrogens is 283 g/mol. The van der Waals surface area contributed by atoms with Crippen LogP contribution in [0.5, 0.6) is 0 Å². The number of hydrogen-bond donors (Lipinski definition) is 1. The summed E-state index contributed by atoms with van der Waals surface area (Å²) in [4.78, 5) is 25.0. The third-order valence-electron chi connectivity index (χ3n) is 3.67. The second kappa shape index (κ2) is 6.39. The van der Waals surface area contributed by atoms with E-state index in [-0.39, 0.29) is 17.8 Å². The SMILES string of the molecule is CC(c1ccc(F)cc1)N(C)C(=O)c1ccc(C(N)=O)cc1. The lowest BCUT2D eigenvalue weighted by atomic mass is 10.1. The second-order valence-electron chi connectivity index (χ2n) is 5.09. The Morgan fingerprint density at radius 3 is 2.00 bits per heavy atom. The van der Waals surface area contributed by atoms with Gasteiger partial charge in [-0.15, -0.1) is 0 Å². The predicted octanol–water partition coefficient (Wildman–Crippen LogP) is 2.76. The van der Waals surface area contributed by atoms with Gasteiger partial charge in [-0.2, -0.15) is 0 Å². The number of rotatable bonds is 4. The summed E-state index contributed by atoms with van der Waals surface area (Å²) >= 11 is 0. The lowest BCUT2D eigenvalue weighted by Crippen LogP contribution is -2.29. The number of carbonyl (C=O) groups is 2. The van der Waals surface area contributed by atoms with Crippen molar-refractivity contribution >= 4 is 11.8 Å². The van der Waals surface area contributed by atoms with Gasteiger partial charge in [0.1, 0.15) is 5.82 Å². The molecule has 22 heavy (non-hydrogen) atoms. The van der Waals surface area contributed by atoms with E-state index in [1.54, 1.807) is 36.2 Å². The maximum absolute atomic E-state index is 13.0. The molecule has 0 radical (unpaired) electrons. The molecule has 0 aliphatic heterocycles. The van der Waals surface area contributed by atoms with Gasteiger partial charge in [0.2, 0.25) is 5.91 Å². The monoisotopic (exact) mass is 300 g/mol. The highest BCUT2D eigenvalue weighted by atomic mass is 19.1. The van der Waals surface area contributed by atoms with Crippen molar-refractivity contribution in [3.8, 4) is 0 Å². The van der Waals surface area contributed by atoms with Crippen molar-refractivity contribution in [3.05, 3.63) is 71.0 Å². The summed E-state index contributed by atoms with van der Waals surface area (Å²) in [5.41, 5.74) is 6.82. The Balaban J connectivity index is 2.17. The Bertz CT molecular complexity index is 681. The topological polar surface area (TPSA) is 63.4 Å². The number of nitrogens with zero attached hydrogens (tertiary/aromatic N) is 1. The van der Waals surface area contributed by atoms with Crippen LogP contribution in [-0.2, 0) is 0 Å². The largest absolute Gasteiger partial charge is 0.366 e. The molecule has 4 nitrogen and oxygen atoms in total. The minimum Gasteiger partial charge on any atom is -0.366 e. The fourth-order valence-electron chi connectivity index (χ4n) is 2.12. The zero-order valence-electron chi connectivity index (χ0n) is 12.4. The molecule has 2 aromatic carbocycles. The fourth-order valence-corrected chi connectivity index (χ4v) is 2.12. The van der Waals surface area contributed by atoms with Gasteiger partial charge >= 0.3 is 0 Å². The van der Waals surface area contributed by atoms with Gasteiger partial charge in [-0.05, 0) is 48.9 Å². The fraction of sp³-hybridized carbons (Fsp3) is 0.176. The normalized spacial score (nSPS) is 11.8. The third kappa shape index (κ3) is 3.31. The van der Waals surface area contributed by atoms with Crippen LogP contribution in [0.1, 0.15) is 39.2 Å². The van der Waals surface area contributed by atoms with Crippen LogP contribution in [0.4, 0.5) is 4.39 Å². The second-order valence-corrected chi connectivity index (χ2v) is 5.09. The molecule has 0 aliphatic rings. The minimum absolute atomic E-state index is 0.187.